The number of ether oxygens (including phenoxy) is 3. The summed E-state index contributed by atoms with van der Waals surface area (Å²) in [5.41, 5.74) is 1.35. The zero-order valence-corrected chi connectivity index (χ0v) is 18.9. The molecule has 32 heavy (non-hydrogen) atoms. The molecule has 0 bridgehead atoms. The van der Waals surface area contributed by atoms with Crippen LogP contribution in [0.3, 0.4) is 0 Å². The van der Waals surface area contributed by atoms with E-state index in [9.17, 15) is 4.79 Å². The van der Waals surface area contributed by atoms with Gasteiger partial charge in [0.1, 0.15) is 11.5 Å². The number of aromatic nitrogens is 1. The van der Waals surface area contributed by atoms with E-state index in [0.29, 0.717) is 23.0 Å². The summed E-state index contributed by atoms with van der Waals surface area (Å²) in [5.74, 6) is 1.17. The quantitative estimate of drug-likeness (QED) is 0.401. The Morgan fingerprint density at radius 2 is 1.94 bits per heavy atom. The van der Waals surface area contributed by atoms with Gasteiger partial charge in [-0.3, -0.25) is 9.69 Å². The summed E-state index contributed by atoms with van der Waals surface area (Å²) in [7, 11) is 3.23. The highest BCUT2D eigenvalue weighted by atomic mass is 32.1. The minimum absolute atomic E-state index is 0.00745. The monoisotopic (exact) mass is 448 g/mol. The smallest absolute Gasteiger partial charge is 0.263 e. The third kappa shape index (κ3) is 3.89. The largest absolute Gasteiger partial charge is 0.497 e. The summed E-state index contributed by atoms with van der Waals surface area (Å²) < 4.78 is 17.8. The van der Waals surface area contributed by atoms with Crippen LogP contribution in [0.2, 0.25) is 0 Å². The minimum Gasteiger partial charge on any atom is -0.497 e. The van der Waals surface area contributed by atoms with Crippen molar-refractivity contribution in [1.82, 2.24) is 4.98 Å². The van der Waals surface area contributed by atoms with Gasteiger partial charge in [-0.15, -0.1) is 0 Å². The van der Waals surface area contributed by atoms with Crippen molar-refractivity contribution in [3.63, 3.8) is 0 Å². The lowest BCUT2D eigenvalue weighted by atomic mass is 10.0. The lowest BCUT2D eigenvalue weighted by molar-refractivity contribution is 0.0915. The van der Waals surface area contributed by atoms with Crippen LogP contribution >= 0.6 is 11.3 Å². The zero-order chi connectivity index (χ0) is 22.1. The fraction of sp³-hybridized carbons (Fsp3) is 0.280. The average molecular weight is 449 g/mol. The standard InChI is InChI=1S/C25H24N2O4S/c1-29-18-9-10-21-23(14-18)32-25(26-21)27(15-19-8-5-11-31-19)24(28)20-12-16-6-3-4-7-17(16)13-22(20)30-2/h3-4,6-7,9-10,12-14,19H,5,8,11,15H2,1-2H3. The second-order valence-corrected chi connectivity index (χ2v) is 8.79. The summed E-state index contributed by atoms with van der Waals surface area (Å²) in [4.78, 5) is 20.4. The lowest BCUT2D eigenvalue weighted by Crippen LogP contribution is -2.37. The second-order valence-electron chi connectivity index (χ2n) is 7.78. The number of nitrogens with zero attached hydrogens (tertiary/aromatic N) is 2. The molecule has 1 amide bonds. The molecule has 164 valence electrons. The number of benzene rings is 3. The molecule has 1 aromatic heterocycles. The van der Waals surface area contributed by atoms with Crippen LogP contribution in [0.5, 0.6) is 11.5 Å². The van der Waals surface area contributed by atoms with Crippen LogP contribution in [0.15, 0.2) is 54.6 Å². The number of amides is 1. The van der Waals surface area contributed by atoms with Crippen molar-refractivity contribution in [2.24, 2.45) is 0 Å². The van der Waals surface area contributed by atoms with E-state index in [4.69, 9.17) is 19.2 Å². The SMILES string of the molecule is COc1ccc2nc(N(CC3CCCO3)C(=O)c3cc4ccccc4cc3OC)sc2c1. The fourth-order valence-electron chi connectivity index (χ4n) is 4.08. The molecule has 1 aliphatic rings. The number of carbonyl (C=O) groups excluding carboxylic acids is 1. The van der Waals surface area contributed by atoms with Crippen molar-refractivity contribution in [1.29, 1.82) is 0 Å². The molecule has 0 saturated carbocycles. The molecule has 1 fully saturated rings. The van der Waals surface area contributed by atoms with Gasteiger partial charge in [0.15, 0.2) is 5.13 Å². The molecule has 6 nitrogen and oxygen atoms in total. The number of rotatable bonds is 6. The number of anilines is 1. The van der Waals surface area contributed by atoms with Crippen LogP contribution in [0.25, 0.3) is 21.0 Å². The molecule has 1 aliphatic heterocycles. The van der Waals surface area contributed by atoms with Gasteiger partial charge >= 0.3 is 0 Å². The van der Waals surface area contributed by atoms with Crippen molar-refractivity contribution in [2.45, 2.75) is 18.9 Å². The van der Waals surface area contributed by atoms with Gasteiger partial charge in [-0.1, -0.05) is 35.6 Å². The average Bonchev–Trinajstić information content (AvgIpc) is 3.50. The van der Waals surface area contributed by atoms with Gasteiger partial charge in [-0.25, -0.2) is 4.98 Å². The molecule has 2 heterocycles. The third-order valence-corrected chi connectivity index (χ3v) is 6.81. The molecular weight excluding hydrogens is 424 g/mol. The van der Waals surface area contributed by atoms with Crippen LogP contribution in [0.1, 0.15) is 23.2 Å². The molecule has 0 N–H and O–H groups in total. The van der Waals surface area contributed by atoms with Crippen LogP contribution in [0, 0.1) is 0 Å². The highest BCUT2D eigenvalue weighted by Gasteiger charge is 2.29. The molecule has 7 heteroatoms. The zero-order valence-electron chi connectivity index (χ0n) is 18.0. The van der Waals surface area contributed by atoms with E-state index in [1.54, 1.807) is 19.1 Å². The first-order valence-electron chi connectivity index (χ1n) is 10.6. The molecule has 5 rings (SSSR count). The summed E-state index contributed by atoms with van der Waals surface area (Å²) in [6, 6.07) is 17.5. The predicted octanol–water partition coefficient (Wildman–Crippen LogP) is 5.29. The molecule has 1 unspecified atom stereocenters. The third-order valence-electron chi connectivity index (χ3n) is 5.77. The van der Waals surface area contributed by atoms with E-state index in [2.05, 4.69) is 0 Å². The minimum atomic E-state index is -0.144. The van der Waals surface area contributed by atoms with E-state index < -0.39 is 0 Å². The van der Waals surface area contributed by atoms with Crippen molar-refractivity contribution in [3.05, 3.63) is 60.2 Å². The van der Waals surface area contributed by atoms with Gasteiger partial charge in [-0.05, 0) is 53.9 Å². The topological polar surface area (TPSA) is 60.9 Å². The van der Waals surface area contributed by atoms with Gasteiger partial charge < -0.3 is 14.2 Å². The Hall–Kier alpha value is -3.16. The molecule has 3 aromatic carbocycles. The van der Waals surface area contributed by atoms with E-state index in [1.165, 1.54) is 11.3 Å². The van der Waals surface area contributed by atoms with Gasteiger partial charge in [0.05, 0.1) is 42.6 Å². The van der Waals surface area contributed by atoms with Gasteiger partial charge in [-0.2, -0.15) is 0 Å². The molecule has 1 saturated heterocycles. The Morgan fingerprint density at radius 3 is 2.66 bits per heavy atom. The summed E-state index contributed by atoms with van der Waals surface area (Å²) in [6.07, 6.45) is 1.92. The van der Waals surface area contributed by atoms with Crippen molar-refractivity contribution >= 4 is 43.4 Å². The number of carbonyl (C=O) groups is 1. The summed E-state index contributed by atoms with van der Waals surface area (Å²) >= 11 is 1.48. The molecule has 0 aliphatic carbocycles. The van der Waals surface area contributed by atoms with E-state index >= 15 is 0 Å². The first kappa shape index (κ1) is 20.7. The Balaban J connectivity index is 1.59. The number of thiazole rings is 1. The molecule has 0 spiro atoms. The van der Waals surface area contributed by atoms with Crippen LogP contribution in [-0.2, 0) is 4.74 Å². The Kier molecular flexibility index (Phi) is 5.68. The molecule has 4 aromatic rings. The maximum atomic E-state index is 13.9. The van der Waals surface area contributed by atoms with Gasteiger partial charge in [0, 0.05) is 6.61 Å². The van der Waals surface area contributed by atoms with Crippen molar-refractivity contribution in [3.8, 4) is 11.5 Å². The number of fused-ring (bicyclic) bond motifs is 2. The van der Waals surface area contributed by atoms with E-state index in [-0.39, 0.29) is 12.0 Å². The second kappa shape index (κ2) is 8.76. The lowest BCUT2D eigenvalue weighted by Gasteiger charge is -2.24. The molecule has 0 radical (unpaired) electrons. The number of methoxy groups -OCH3 is 2. The van der Waals surface area contributed by atoms with E-state index in [1.807, 2.05) is 54.6 Å². The van der Waals surface area contributed by atoms with Gasteiger partial charge in [0.2, 0.25) is 0 Å². The maximum absolute atomic E-state index is 13.9. The Labute approximate surface area is 190 Å². The summed E-state index contributed by atoms with van der Waals surface area (Å²) in [6.45, 7) is 1.18. The Bertz CT molecular complexity index is 1280. The Morgan fingerprint density at radius 1 is 1.12 bits per heavy atom. The van der Waals surface area contributed by atoms with Crippen LogP contribution in [0.4, 0.5) is 5.13 Å². The predicted molar refractivity (Wildman–Crippen MR) is 127 cm³/mol. The molecule has 1 atom stereocenters. The summed E-state index contributed by atoms with van der Waals surface area (Å²) in [5, 5.41) is 2.66. The first-order valence-corrected chi connectivity index (χ1v) is 11.4. The van der Waals surface area contributed by atoms with Crippen molar-refractivity contribution in [2.75, 3.05) is 32.3 Å². The maximum Gasteiger partial charge on any atom is 0.263 e. The van der Waals surface area contributed by atoms with E-state index in [0.717, 1.165) is 46.2 Å². The highest BCUT2D eigenvalue weighted by molar-refractivity contribution is 7.22. The van der Waals surface area contributed by atoms with Gasteiger partial charge in [0.25, 0.3) is 5.91 Å². The normalized spacial score (nSPS) is 15.9. The fourth-order valence-corrected chi connectivity index (χ4v) is 5.08. The van der Waals surface area contributed by atoms with Crippen molar-refractivity contribution < 1.29 is 19.0 Å². The first-order chi connectivity index (χ1) is 15.7. The van der Waals surface area contributed by atoms with Crippen LogP contribution in [-0.4, -0.2) is 44.4 Å². The van der Waals surface area contributed by atoms with Crippen LogP contribution < -0.4 is 14.4 Å². The number of hydrogen-bond acceptors (Lipinski definition) is 6. The highest BCUT2D eigenvalue weighted by Crippen LogP contribution is 2.35. The number of hydrogen-bond donors (Lipinski definition) is 0. The molecular formula is C25H24N2O4S.